The second kappa shape index (κ2) is 9.88. The number of alkyl halides is 3. The van der Waals surface area contributed by atoms with Gasteiger partial charge >= 0.3 is 6.36 Å². The van der Waals surface area contributed by atoms with Gasteiger partial charge in [-0.1, -0.05) is 25.1 Å². The minimum Gasteiger partial charge on any atom is -0.405 e. The van der Waals surface area contributed by atoms with Crippen molar-refractivity contribution >= 4 is 11.9 Å². The molecule has 0 aliphatic heterocycles. The monoisotopic (exact) mass is 374 g/mol. The third-order valence-electron chi connectivity index (χ3n) is 3.51. The molecule has 6 nitrogen and oxygen atoms in total. The summed E-state index contributed by atoms with van der Waals surface area (Å²) in [6, 6.07) is 5.90. The van der Waals surface area contributed by atoms with Gasteiger partial charge in [-0.15, -0.1) is 13.2 Å². The first-order valence-electron chi connectivity index (χ1n) is 8.21. The molecule has 2 N–H and O–H groups in total. The minimum atomic E-state index is -4.77. The Bertz CT molecular complexity index is 618. The molecule has 1 amide bonds. The fraction of sp³-hybridized carbons (Fsp3) is 0.529. The molecule has 26 heavy (non-hydrogen) atoms. The Hall–Kier alpha value is -2.45. The van der Waals surface area contributed by atoms with Crippen LogP contribution in [0.15, 0.2) is 29.3 Å². The van der Waals surface area contributed by atoms with Crippen molar-refractivity contribution in [2.45, 2.75) is 39.2 Å². The third kappa shape index (κ3) is 8.09. The highest BCUT2D eigenvalue weighted by molar-refractivity contribution is 5.86. The van der Waals surface area contributed by atoms with Crippen LogP contribution in [0.2, 0.25) is 0 Å². The molecule has 1 aromatic carbocycles. The second-order valence-electron chi connectivity index (χ2n) is 5.92. The van der Waals surface area contributed by atoms with E-state index in [1.54, 1.807) is 20.2 Å². The van der Waals surface area contributed by atoms with E-state index in [2.05, 4.69) is 20.4 Å². The van der Waals surface area contributed by atoms with Crippen LogP contribution in [-0.4, -0.2) is 49.8 Å². The smallest absolute Gasteiger partial charge is 0.405 e. The molecular weight excluding hydrogens is 349 g/mol. The maximum atomic E-state index is 12.5. The summed E-state index contributed by atoms with van der Waals surface area (Å²) in [6.07, 6.45) is -3.95. The summed E-state index contributed by atoms with van der Waals surface area (Å²) in [7, 11) is 3.27. The van der Waals surface area contributed by atoms with Crippen molar-refractivity contribution in [3.8, 4) is 5.75 Å². The number of carbonyl (C=O) groups excluding carboxylic acids is 1. The Morgan fingerprint density at radius 2 is 1.96 bits per heavy atom. The Labute approximate surface area is 151 Å². The van der Waals surface area contributed by atoms with E-state index in [9.17, 15) is 18.0 Å². The number of amides is 1. The Kier molecular flexibility index (Phi) is 8.21. The topological polar surface area (TPSA) is 66.0 Å². The number of likely N-dealkylation sites (N-methyl/N-ethyl adjacent to an activating group) is 1. The van der Waals surface area contributed by atoms with Gasteiger partial charge in [-0.25, -0.2) is 4.99 Å². The van der Waals surface area contributed by atoms with Gasteiger partial charge in [0.2, 0.25) is 5.91 Å². The molecule has 0 spiro atoms. The number of para-hydroxylation sites is 1. The fourth-order valence-corrected chi connectivity index (χ4v) is 1.83. The summed E-state index contributed by atoms with van der Waals surface area (Å²) in [4.78, 5) is 17.4. The Morgan fingerprint density at radius 1 is 1.31 bits per heavy atom. The van der Waals surface area contributed by atoms with Gasteiger partial charge in [0.25, 0.3) is 0 Å². The zero-order valence-electron chi connectivity index (χ0n) is 15.4. The lowest BCUT2D eigenvalue weighted by atomic mass is 10.2. The summed E-state index contributed by atoms with van der Waals surface area (Å²) >= 11 is 0. The number of halogens is 3. The number of ether oxygens (including phenoxy) is 1. The number of hydrogen-bond donors (Lipinski definition) is 2. The normalized spacial score (nSPS) is 13.1. The van der Waals surface area contributed by atoms with Gasteiger partial charge in [0.15, 0.2) is 5.96 Å². The minimum absolute atomic E-state index is 0.0238. The maximum Gasteiger partial charge on any atom is 0.573 e. The molecule has 0 heterocycles. The van der Waals surface area contributed by atoms with E-state index in [0.29, 0.717) is 5.96 Å². The van der Waals surface area contributed by atoms with Crippen LogP contribution >= 0.6 is 0 Å². The molecule has 0 aliphatic carbocycles. The molecule has 146 valence electrons. The van der Waals surface area contributed by atoms with E-state index in [1.165, 1.54) is 23.1 Å². The molecule has 9 heteroatoms. The predicted octanol–water partition coefficient (Wildman–Crippen LogP) is 2.51. The van der Waals surface area contributed by atoms with Crippen LogP contribution in [0.1, 0.15) is 25.8 Å². The summed E-state index contributed by atoms with van der Waals surface area (Å²) in [5.41, 5.74) is 0.286. The number of rotatable bonds is 7. The highest BCUT2D eigenvalue weighted by atomic mass is 19.4. The van der Waals surface area contributed by atoms with E-state index in [-0.39, 0.29) is 36.4 Å². The zero-order chi connectivity index (χ0) is 19.7. The van der Waals surface area contributed by atoms with Gasteiger partial charge in [0, 0.05) is 25.7 Å². The van der Waals surface area contributed by atoms with Crippen LogP contribution in [0.4, 0.5) is 13.2 Å². The van der Waals surface area contributed by atoms with Crippen molar-refractivity contribution in [2.24, 2.45) is 4.99 Å². The molecule has 1 aromatic rings. The summed E-state index contributed by atoms with van der Waals surface area (Å²) in [5.74, 6) is -0.100. The average molecular weight is 374 g/mol. The number of aliphatic imine (C=N–C) groups is 1. The second-order valence-corrected chi connectivity index (χ2v) is 5.92. The highest BCUT2D eigenvalue weighted by Gasteiger charge is 2.31. The average Bonchev–Trinajstić information content (AvgIpc) is 2.56. The van der Waals surface area contributed by atoms with Gasteiger partial charge in [-0.2, -0.15) is 0 Å². The van der Waals surface area contributed by atoms with E-state index < -0.39 is 6.36 Å². The largest absolute Gasteiger partial charge is 0.573 e. The number of benzene rings is 1. The van der Waals surface area contributed by atoms with Crippen molar-refractivity contribution in [2.75, 3.05) is 20.6 Å². The molecule has 0 aromatic heterocycles. The van der Waals surface area contributed by atoms with Crippen LogP contribution in [0, 0.1) is 0 Å². The van der Waals surface area contributed by atoms with E-state index in [1.807, 2.05) is 13.8 Å². The van der Waals surface area contributed by atoms with Crippen molar-refractivity contribution in [1.82, 2.24) is 15.5 Å². The number of nitrogens with zero attached hydrogens (tertiary/aromatic N) is 2. The molecule has 1 rings (SSSR count). The molecule has 0 fully saturated rings. The Balaban J connectivity index is 2.90. The molecule has 1 atom stereocenters. The summed E-state index contributed by atoms with van der Waals surface area (Å²) in [6.45, 7) is 3.91. The van der Waals surface area contributed by atoms with Gasteiger partial charge in [0.1, 0.15) is 5.75 Å². The lowest BCUT2D eigenvalue weighted by Crippen LogP contribution is -2.45. The number of hydrogen-bond acceptors (Lipinski definition) is 3. The number of carbonyl (C=O) groups is 1. The van der Waals surface area contributed by atoms with Gasteiger partial charge < -0.3 is 20.3 Å². The van der Waals surface area contributed by atoms with Crippen molar-refractivity contribution in [3.05, 3.63) is 29.8 Å². The molecule has 0 bridgehead atoms. The molecule has 1 unspecified atom stereocenters. The van der Waals surface area contributed by atoms with Gasteiger partial charge in [-0.05, 0) is 19.4 Å². The Morgan fingerprint density at radius 3 is 2.54 bits per heavy atom. The SMILES string of the molecule is CCC(C)NC(=NCc1ccccc1OC(F)(F)F)NCC(=O)N(C)C. The van der Waals surface area contributed by atoms with E-state index >= 15 is 0 Å². The fourth-order valence-electron chi connectivity index (χ4n) is 1.83. The lowest BCUT2D eigenvalue weighted by Gasteiger charge is -2.18. The molecular formula is C17H25F3N4O2. The summed E-state index contributed by atoms with van der Waals surface area (Å²) in [5, 5.41) is 5.99. The van der Waals surface area contributed by atoms with Crippen molar-refractivity contribution < 1.29 is 22.7 Å². The quantitative estimate of drug-likeness (QED) is 0.569. The lowest BCUT2D eigenvalue weighted by molar-refractivity contribution is -0.274. The standard InChI is InChI=1S/C17H25F3N4O2/c1-5-12(2)23-16(22-11-15(25)24(3)4)21-10-13-8-6-7-9-14(13)26-17(18,19)20/h6-9,12H,5,10-11H2,1-4H3,(H2,21,22,23). The molecule has 0 saturated heterocycles. The van der Waals surface area contributed by atoms with Gasteiger partial charge in [0.05, 0.1) is 13.1 Å². The third-order valence-corrected chi connectivity index (χ3v) is 3.51. The van der Waals surface area contributed by atoms with E-state index in [4.69, 9.17) is 0 Å². The maximum absolute atomic E-state index is 12.5. The predicted molar refractivity (Wildman–Crippen MR) is 93.8 cm³/mol. The number of guanidine groups is 1. The number of nitrogens with one attached hydrogen (secondary N) is 2. The van der Waals surface area contributed by atoms with Gasteiger partial charge in [-0.3, -0.25) is 4.79 Å². The van der Waals surface area contributed by atoms with Crippen LogP contribution < -0.4 is 15.4 Å². The zero-order valence-corrected chi connectivity index (χ0v) is 15.4. The highest BCUT2D eigenvalue weighted by Crippen LogP contribution is 2.26. The molecule has 0 aliphatic rings. The van der Waals surface area contributed by atoms with Crippen LogP contribution in [0.25, 0.3) is 0 Å². The molecule has 0 radical (unpaired) electrons. The summed E-state index contributed by atoms with van der Waals surface area (Å²) < 4.78 is 41.5. The van der Waals surface area contributed by atoms with Crippen LogP contribution in [0.3, 0.4) is 0 Å². The van der Waals surface area contributed by atoms with Crippen molar-refractivity contribution in [1.29, 1.82) is 0 Å². The first-order valence-corrected chi connectivity index (χ1v) is 8.21. The van der Waals surface area contributed by atoms with E-state index in [0.717, 1.165) is 6.42 Å². The first kappa shape index (κ1) is 21.6. The van der Waals surface area contributed by atoms with Crippen LogP contribution in [-0.2, 0) is 11.3 Å². The molecule has 0 saturated carbocycles. The van der Waals surface area contributed by atoms with Crippen molar-refractivity contribution in [3.63, 3.8) is 0 Å². The first-order chi connectivity index (χ1) is 12.1. The van der Waals surface area contributed by atoms with Crippen LogP contribution in [0.5, 0.6) is 5.75 Å².